The topological polar surface area (TPSA) is 19.4 Å². The molecule has 1 aromatic carbocycles. The van der Waals surface area contributed by atoms with Crippen molar-refractivity contribution in [2.24, 2.45) is 0 Å². The fourth-order valence-corrected chi connectivity index (χ4v) is 3.13. The molecule has 0 unspecified atom stereocenters. The summed E-state index contributed by atoms with van der Waals surface area (Å²) in [5.74, 6) is 6.59. The van der Waals surface area contributed by atoms with Crippen LogP contribution in [-0.2, 0) is 0 Å². The zero-order chi connectivity index (χ0) is 14.5. The molecule has 0 spiro atoms. The minimum atomic E-state index is 0. The van der Waals surface area contributed by atoms with Crippen molar-refractivity contribution in [3.63, 3.8) is 0 Å². The Morgan fingerprint density at radius 2 is 1.95 bits per heavy atom. The van der Waals surface area contributed by atoms with Gasteiger partial charge < -0.3 is 4.90 Å². The Bertz CT molecular complexity index is 637. The molecule has 1 aliphatic heterocycles. The molecule has 1 fully saturated rings. The van der Waals surface area contributed by atoms with Gasteiger partial charge >= 0.3 is 0 Å². The second-order valence-electron chi connectivity index (χ2n) is 5.19. The first-order chi connectivity index (χ1) is 10.3. The maximum atomic E-state index is 4.37. The highest BCUT2D eigenvalue weighted by Crippen LogP contribution is 2.18. The minimum absolute atomic E-state index is 0. The fourth-order valence-electron chi connectivity index (χ4n) is 2.43. The van der Waals surface area contributed by atoms with E-state index in [0.717, 1.165) is 43.4 Å². The number of aromatic nitrogens is 1. The van der Waals surface area contributed by atoms with Gasteiger partial charge in [-0.2, -0.15) is 0 Å². The van der Waals surface area contributed by atoms with Gasteiger partial charge in [0.15, 0.2) is 5.13 Å². The summed E-state index contributed by atoms with van der Waals surface area (Å²) >= 11 is 1.72. The highest BCUT2D eigenvalue weighted by Gasteiger charge is 2.17. The first kappa shape index (κ1) is 16.8. The first-order valence-corrected chi connectivity index (χ1v) is 8.12. The standard InChI is InChI=1S/C17H19N3S.ClH/c1-15-5-2-3-6-16(15)7-4-9-19-10-12-20(13-11-19)17-18-8-14-21-17;/h2-3,5-6,8,14H,9-13H2,1H3;1H. The number of hydrogen-bond acceptors (Lipinski definition) is 4. The maximum Gasteiger partial charge on any atom is 0.185 e. The third-order valence-electron chi connectivity index (χ3n) is 3.73. The summed E-state index contributed by atoms with van der Waals surface area (Å²) in [6.45, 7) is 7.15. The highest BCUT2D eigenvalue weighted by molar-refractivity contribution is 7.13. The Morgan fingerprint density at radius 1 is 1.18 bits per heavy atom. The predicted octanol–water partition coefficient (Wildman–Crippen LogP) is 3.05. The summed E-state index contributed by atoms with van der Waals surface area (Å²) in [6.07, 6.45) is 1.88. The van der Waals surface area contributed by atoms with Crippen LogP contribution in [0.4, 0.5) is 5.13 Å². The molecule has 1 saturated heterocycles. The van der Waals surface area contributed by atoms with Crippen LogP contribution in [0.1, 0.15) is 11.1 Å². The van der Waals surface area contributed by atoms with Gasteiger partial charge in [-0.05, 0) is 18.6 Å². The number of thiazole rings is 1. The molecular formula is C17H20ClN3S. The van der Waals surface area contributed by atoms with Gasteiger partial charge in [-0.3, -0.25) is 4.90 Å². The number of benzene rings is 1. The summed E-state index contributed by atoms with van der Waals surface area (Å²) < 4.78 is 0. The second kappa shape index (κ2) is 8.19. The third-order valence-corrected chi connectivity index (χ3v) is 4.57. The number of piperazine rings is 1. The smallest absolute Gasteiger partial charge is 0.185 e. The van der Waals surface area contributed by atoms with Crippen LogP contribution in [-0.4, -0.2) is 42.6 Å². The van der Waals surface area contributed by atoms with Crippen LogP contribution in [0.25, 0.3) is 0 Å². The van der Waals surface area contributed by atoms with E-state index >= 15 is 0 Å². The molecule has 22 heavy (non-hydrogen) atoms. The lowest BCUT2D eigenvalue weighted by Gasteiger charge is -2.33. The summed E-state index contributed by atoms with van der Waals surface area (Å²) in [6, 6.07) is 8.29. The van der Waals surface area contributed by atoms with E-state index in [1.54, 1.807) is 11.3 Å². The molecule has 116 valence electrons. The monoisotopic (exact) mass is 333 g/mol. The van der Waals surface area contributed by atoms with E-state index in [1.807, 2.05) is 17.6 Å². The zero-order valence-corrected chi connectivity index (χ0v) is 14.3. The number of anilines is 1. The molecule has 1 aliphatic rings. The van der Waals surface area contributed by atoms with Crippen LogP contribution >= 0.6 is 23.7 Å². The van der Waals surface area contributed by atoms with Crippen molar-refractivity contribution in [3.05, 3.63) is 47.0 Å². The molecular weight excluding hydrogens is 314 g/mol. The van der Waals surface area contributed by atoms with Crippen molar-refractivity contribution in [1.29, 1.82) is 0 Å². The van der Waals surface area contributed by atoms with Crippen LogP contribution in [0.3, 0.4) is 0 Å². The third kappa shape index (κ3) is 4.23. The summed E-state index contributed by atoms with van der Waals surface area (Å²) in [4.78, 5) is 9.14. The highest BCUT2D eigenvalue weighted by atomic mass is 35.5. The largest absolute Gasteiger partial charge is 0.346 e. The predicted molar refractivity (Wildman–Crippen MR) is 96.1 cm³/mol. The van der Waals surface area contributed by atoms with Gasteiger partial charge in [0.05, 0.1) is 6.54 Å². The van der Waals surface area contributed by atoms with Crippen molar-refractivity contribution >= 4 is 28.9 Å². The van der Waals surface area contributed by atoms with E-state index in [9.17, 15) is 0 Å². The molecule has 0 saturated carbocycles. The van der Waals surface area contributed by atoms with Gasteiger partial charge in [-0.1, -0.05) is 30.0 Å². The molecule has 0 bridgehead atoms. The van der Waals surface area contributed by atoms with Crippen LogP contribution in [0.2, 0.25) is 0 Å². The van der Waals surface area contributed by atoms with E-state index < -0.39 is 0 Å². The van der Waals surface area contributed by atoms with Gasteiger partial charge in [0.2, 0.25) is 0 Å². The van der Waals surface area contributed by atoms with Crippen molar-refractivity contribution in [2.75, 3.05) is 37.6 Å². The average molecular weight is 334 g/mol. The molecule has 0 radical (unpaired) electrons. The lowest BCUT2D eigenvalue weighted by atomic mass is 10.1. The summed E-state index contributed by atoms with van der Waals surface area (Å²) in [5.41, 5.74) is 2.39. The van der Waals surface area contributed by atoms with E-state index in [-0.39, 0.29) is 12.4 Å². The number of rotatable bonds is 2. The van der Waals surface area contributed by atoms with E-state index in [1.165, 1.54) is 5.56 Å². The zero-order valence-electron chi connectivity index (χ0n) is 12.7. The quantitative estimate of drug-likeness (QED) is 0.787. The van der Waals surface area contributed by atoms with E-state index in [2.05, 4.69) is 51.7 Å². The molecule has 0 aliphatic carbocycles. The molecule has 1 aromatic heterocycles. The van der Waals surface area contributed by atoms with E-state index in [0.29, 0.717) is 0 Å². The molecule has 3 nitrogen and oxygen atoms in total. The number of nitrogens with zero attached hydrogens (tertiary/aromatic N) is 3. The van der Waals surface area contributed by atoms with Crippen molar-refractivity contribution < 1.29 is 0 Å². The van der Waals surface area contributed by atoms with Gasteiger partial charge in [-0.15, -0.1) is 23.7 Å². The lowest BCUT2D eigenvalue weighted by molar-refractivity contribution is 0.288. The fraction of sp³-hybridized carbons (Fsp3) is 0.353. The molecule has 2 heterocycles. The van der Waals surface area contributed by atoms with Crippen LogP contribution < -0.4 is 4.90 Å². The Hall–Kier alpha value is -1.54. The van der Waals surface area contributed by atoms with Gasteiger partial charge in [0, 0.05) is 43.3 Å². The van der Waals surface area contributed by atoms with Crippen LogP contribution in [0.5, 0.6) is 0 Å². The number of aryl methyl sites for hydroxylation is 1. The van der Waals surface area contributed by atoms with Gasteiger partial charge in [0.25, 0.3) is 0 Å². The van der Waals surface area contributed by atoms with E-state index in [4.69, 9.17) is 0 Å². The molecule has 3 rings (SSSR count). The average Bonchev–Trinajstić information content (AvgIpc) is 3.04. The molecule has 0 amide bonds. The van der Waals surface area contributed by atoms with Crippen LogP contribution in [0, 0.1) is 18.8 Å². The summed E-state index contributed by atoms with van der Waals surface area (Å²) in [7, 11) is 0. The Morgan fingerprint density at radius 3 is 2.64 bits per heavy atom. The Kier molecular flexibility index (Phi) is 6.26. The minimum Gasteiger partial charge on any atom is -0.346 e. The maximum absolute atomic E-state index is 4.37. The Balaban J connectivity index is 0.00000176. The number of halogens is 1. The van der Waals surface area contributed by atoms with Gasteiger partial charge in [-0.25, -0.2) is 4.98 Å². The Labute approximate surface area is 142 Å². The SMILES string of the molecule is Cc1ccccc1C#CCN1CCN(c2nccs2)CC1.Cl. The van der Waals surface area contributed by atoms with Crippen molar-refractivity contribution in [2.45, 2.75) is 6.92 Å². The van der Waals surface area contributed by atoms with Gasteiger partial charge in [0.1, 0.15) is 0 Å². The second-order valence-corrected chi connectivity index (χ2v) is 6.07. The molecule has 2 aromatic rings. The molecule has 5 heteroatoms. The lowest BCUT2D eigenvalue weighted by Crippen LogP contribution is -2.46. The summed E-state index contributed by atoms with van der Waals surface area (Å²) in [5, 5.41) is 3.18. The van der Waals surface area contributed by atoms with Crippen molar-refractivity contribution in [1.82, 2.24) is 9.88 Å². The normalized spacial score (nSPS) is 14.9. The first-order valence-electron chi connectivity index (χ1n) is 7.24. The number of hydrogen-bond donors (Lipinski definition) is 0. The molecule has 0 atom stereocenters. The van der Waals surface area contributed by atoms with Crippen molar-refractivity contribution in [3.8, 4) is 11.8 Å². The molecule has 0 N–H and O–H groups in total. The van der Waals surface area contributed by atoms with Crippen LogP contribution in [0.15, 0.2) is 35.8 Å².